The molecule has 1 aromatic rings. The molecule has 2 nitrogen and oxygen atoms in total. The Labute approximate surface area is 117 Å². The Morgan fingerprint density at radius 2 is 2.11 bits per heavy atom. The van der Waals surface area contributed by atoms with Gasteiger partial charge in [-0.3, -0.25) is 4.90 Å². The molecule has 3 heteroatoms. The van der Waals surface area contributed by atoms with Gasteiger partial charge in [0.15, 0.2) is 0 Å². The monoisotopic (exact) mass is 268 g/mol. The van der Waals surface area contributed by atoms with Crippen molar-refractivity contribution in [2.24, 2.45) is 0 Å². The van der Waals surface area contributed by atoms with Crippen molar-refractivity contribution >= 4 is 12.4 Å². The van der Waals surface area contributed by atoms with Gasteiger partial charge < -0.3 is 5.32 Å². The Balaban J connectivity index is 0.00000162. The van der Waals surface area contributed by atoms with E-state index < -0.39 is 0 Å². The van der Waals surface area contributed by atoms with E-state index in [-0.39, 0.29) is 12.4 Å². The van der Waals surface area contributed by atoms with Crippen LogP contribution >= 0.6 is 12.4 Å². The molecule has 1 saturated heterocycles. The zero-order valence-electron chi connectivity index (χ0n) is 11.7. The van der Waals surface area contributed by atoms with Gasteiger partial charge in [-0.25, -0.2) is 0 Å². The lowest BCUT2D eigenvalue weighted by Crippen LogP contribution is -2.43. The van der Waals surface area contributed by atoms with Crippen LogP contribution < -0.4 is 5.32 Å². The minimum atomic E-state index is 0. The first-order valence-electron chi connectivity index (χ1n) is 6.65. The van der Waals surface area contributed by atoms with Crippen LogP contribution in [0.2, 0.25) is 0 Å². The first-order valence-corrected chi connectivity index (χ1v) is 6.65. The second-order valence-electron chi connectivity index (χ2n) is 5.29. The van der Waals surface area contributed by atoms with Crippen molar-refractivity contribution in [3.8, 4) is 0 Å². The molecule has 2 rings (SSSR count). The van der Waals surface area contributed by atoms with Gasteiger partial charge in [0.1, 0.15) is 0 Å². The van der Waals surface area contributed by atoms with Gasteiger partial charge in [0.2, 0.25) is 0 Å². The SMILES string of the molecule is CNC1CCCN(Cc2cc(C)ccc2C)C1.Cl. The van der Waals surface area contributed by atoms with Gasteiger partial charge in [-0.2, -0.15) is 0 Å². The summed E-state index contributed by atoms with van der Waals surface area (Å²) in [7, 11) is 2.08. The summed E-state index contributed by atoms with van der Waals surface area (Å²) in [5, 5.41) is 3.40. The number of halogens is 1. The van der Waals surface area contributed by atoms with Crippen LogP contribution in [0.1, 0.15) is 29.5 Å². The Morgan fingerprint density at radius 3 is 2.83 bits per heavy atom. The first-order chi connectivity index (χ1) is 8.19. The summed E-state index contributed by atoms with van der Waals surface area (Å²) in [6, 6.07) is 7.45. The molecule has 0 aromatic heterocycles. The lowest BCUT2D eigenvalue weighted by Gasteiger charge is -2.32. The van der Waals surface area contributed by atoms with Crippen molar-refractivity contribution in [3.63, 3.8) is 0 Å². The molecule has 0 bridgehead atoms. The fourth-order valence-electron chi connectivity index (χ4n) is 2.65. The number of likely N-dealkylation sites (tertiary alicyclic amines) is 1. The van der Waals surface area contributed by atoms with E-state index in [1.165, 1.54) is 42.6 Å². The van der Waals surface area contributed by atoms with Crippen LogP contribution in [0.4, 0.5) is 0 Å². The molecule has 1 fully saturated rings. The Morgan fingerprint density at radius 1 is 1.33 bits per heavy atom. The van der Waals surface area contributed by atoms with E-state index in [1.807, 2.05) is 0 Å². The molecule has 1 N–H and O–H groups in total. The average molecular weight is 269 g/mol. The van der Waals surface area contributed by atoms with Crippen LogP contribution in [0, 0.1) is 13.8 Å². The highest BCUT2D eigenvalue weighted by Gasteiger charge is 2.18. The maximum absolute atomic E-state index is 3.40. The van der Waals surface area contributed by atoms with Crippen molar-refractivity contribution in [1.29, 1.82) is 0 Å². The first kappa shape index (κ1) is 15.5. The maximum Gasteiger partial charge on any atom is 0.0237 e. The van der Waals surface area contributed by atoms with E-state index in [4.69, 9.17) is 0 Å². The number of likely N-dealkylation sites (N-methyl/N-ethyl adjacent to an activating group) is 1. The van der Waals surface area contributed by atoms with Crippen LogP contribution in [0.15, 0.2) is 18.2 Å². The third-order valence-electron chi connectivity index (χ3n) is 3.81. The van der Waals surface area contributed by atoms with E-state index in [9.17, 15) is 0 Å². The highest BCUT2D eigenvalue weighted by atomic mass is 35.5. The van der Waals surface area contributed by atoms with Gasteiger partial charge in [-0.15, -0.1) is 12.4 Å². The summed E-state index contributed by atoms with van der Waals surface area (Å²) >= 11 is 0. The molecule has 18 heavy (non-hydrogen) atoms. The Hall–Kier alpha value is -0.570. The van der Waals surface area contributed by atoms with E-state index in [0.29, 0.717) is 6.04 Å². The van der Waals surface area contributed by atoms with Crippen molar-refractivity contribution in [3.05, 3.63) is 34.9 Å². The standard InChI is InChI=1S/C15H24N2.ClH/c1-12-6-7-13(2)14(9-12)10-17-8-4-5-15(11-17)16-3;/h6-7,9,15-16H,4-5,8,10-11H2,1-3H3;1H. The predicted octanol–water partition coefficient (Wildman–Crippen LogP) is 2.91. The van der Waals surface area contributed by atoms with Crippen LogP contribution in [0.3, 0.4) is 0 Å². The lowest BCUT2D eigenvalue weighted by molar-refractivity contribution is 0.187. The molecule has 1 aliphatic heterocycles. The molecule has 0 amide bonds. The van der Waals surface area contributed by atoms with Gasteiger partial charge in [0, 0.05) is 19.1 Å². The van der Waals surface area contributed by atoms with E-state index >= 15 is 0 Å². The Bertz CT molecular complexity index is 379. The molecule has 0 radical (unpaired) electrons. The van der Waals surface area contributed by atoms with Gasteiger partial charge in [-0.05, 0) is 51.4 Å². The molecular formula is C15H25ClN2. The van der Waals surface area contributed by atoms with Crippen molar-refractivity contribution in [2.45, 2.75) is 39.3 Å². The molecule has 1 unspecified atom stereocenters. The summed E-state index contributed by atoms with van der Waals surface area (Å²) in [5.74, 6) is 0. The smallest absolute Gasteiger partial charge is 0.0237 e. The normalized spacial score (nSPS) is 20.5. The molecule has 1 aliphatic rings. The highest BCUT2D eigenvalue weighted by molar-refractivity contribution is 5.85. The molecule has 1 aromatic carbocycles. The lowest BCUT2D eigenvalue weighted by atomic mass is 10.0. The van der Waals surface area contributed by atoms with Crippen LogP contribution in [-0.2, 0) is 6.54 Å². The van der Waals surface area contributed by atoms with E-state index in [1.54, 1.807) is 0 Å². The van der Waals surface area contributed by atoms with Crippen molar-refractivity contribution in [1.82, 2.24) is 10.2 Å². The second kappa shape index (κ2) is 7.13. The number of rotatable bonds is 3. The fraction of sp³-hybridized carbons (Fsp3) is 0.600. The van der Waals surface area contributed by atoms with Crippen LogP contribution in [0.25, 0.3) is 0 Å². The quantitative estimate of drug-likeness (QED) is 0.907. The zero-order valence-corrected chi connectivity index (χ0v) is 12.5. The van der Waals surface area contributed by atoms with Crippen LogP contribution in [0.5, 0.6) is 0 Å². The van der Waals surface area contributed by atoms with Gasteiger partial charge in [0.05, 0.1) is 0 Å². The van der Waals surface area contributed by atoms with Crippen molar-refractivity contribution < 1.29 is 0 Å². The minimum Gasteiger partial charge on any atom is -0.316 e. The van der Waals surface area contributed by atoms with Crippen LogP contribution in [-0.4, -0.2) is 31.1 Å². The molecular weight excluding hydrogens is 244 g/mol. The topological polar surface area (TPSA) is 15.3 Å². The molecule has 102 valence electrons. The third-order valence-corrected chi connectivity index (χ3v) is 3.81. The number of aryl methyl sites for hydroxylation is 2. The van der Waals surface area contributed by atoms with Crippen molar-refractivity contribution in [2.75, 3.05) is 20.1 Å². The Kier molecular flexibility index (Phi) is 6.13. The summed E-state index contributed by atoms with van der Waals surface area (Å²) in [4.78, 5) is 2.58. The molecule has 0 spiro atoms. The number of piperidine rings is 1. The fourth-order valence-corrected chi connectivity index (χ4v) is 2.65. The summed E-state index contributed by atoms with van der Waals surface area (Å²) in [5.41, 5.74) is 4.27. The minimum absolute atomic E-state index is 0. The second-order valence-corrected chi connectivity index (χ2v) is 5.29. The number of hydrogen-bond donors (Lipinski definition) is 1. The van der Waals surface area contributed by atoms with E-state index in [0.717, 1.165) is 6.54 Å². The molecule has 1 atom stereocenters. The number of hydrogen-bond acceptors (Lipinski definition) is 2. The van der Waals surface area contributed by atoms with Gasteiger partial charge in [-0.1, -0.05) is 23.8 Å². The average Bonchev–Trinajstić information content (AvgIpc) is 2.34. The highest BCUT2D eigenvalue weighted by Crippen LogP contribution is 2.17. The summed E-state index contributed by atoms with van der Waals surface area (Å²) in [6.07, 6.45) is 2.64. The van der Waals surface area contributed by atoms with E-state index in [2.05, 4.69) is 49.3 Å². The maximum atomic E-state index is 3.40. The molecule has 0 aliphatic carbocycles. The van der Waals surface area contributed by atoms with Gasteiger partial charge in [0.25, 0.3) is 0 Å². The molecule has 1 heterocycles. The zero-order chi connectivity index (χ0) is 12.3. The third kappa shape index (κ3) is 3.98. The summed E-state index contributed by atoms with van der Waals surface area (Å²) < 4.78 is 0. The number of benzene rings is 1. The largest absolute Gasteiger partial charge is 0.316 e. The molecule has 0 saturated carbocycles. The summed E-state index contributed by atoms with van der Waals surface area (Å²) in [6.45, 7) is 7.92. The number of nitrogens with zero attached hydrogens (tertiary/aromatic N) is 1. The number of nitrogens with one attached hydrogen (secondary N) is 1. The van der Waals surface area contributed by atoms with Gasteiger partial charge >= 0.3 is 0 Å². The predicted molar refractivity (Wildman–Crippen MR) is 80.5 cm³/mol.